The fraction of sp³-hybridized carbons (Fsp3) is 0.933. The molecule has 5 heteroatoms. The van der Waals surface area contributed by atoms with E-state index >= 15 is 0 Å². The molecule has 3 aliphatic rings. The van der Waals surface area contributed by atoms with Crippen LogP contribution in [-0.4, -0.2) is 29.2 Å². The van der Waals surface area contributed by atoms with Crippen LogP contribution < -0.4 is 0 Å². The van der Waals surface area contributed by atoms with Gasteiger partial charge in [0.1, 0.15) is 0 Å². The van der Waals surface area contributed by atoms with E-state index in [1.165, 1.54) is 0 Å². The third-order valence-corrected chi connectivity index (χ3v) is 5.74. The summed E-state index contributed by atoms with van der Waals surface area (Å²) in [5, 5.41) is 9.74. The first-order valence-corrected chi connectivity index (χ1v) is 7.69. The SMILES string of the molecule is C[C@@H]1CC[C@H]2[C@@H](C)C(=O)O[C@@H]3O[C@@H](C)CC[C@@H]1[C@]32OO. The molecule has 0 aromatic heterocycles. The van der Waals surface area contributed by atoms with Gasteiger partial charge in [0.05, 0.1) is 12.0 Å². The second-order valence-electron chi connectivity index (χ2n) is 6.79. The Morgan fingerprint density at radius 2 is 1.85 bits per heavy atom. The Bertz CT molecular complexity index is 398. The van der Waals surface area contributed by atoms with Gasteiger partial charge in [0.25, 0.3) is 0 Å². The summed E-state index contributed by atoms with van der Waals surface area (Å²) < 4.78 is 11.4. The van der Waals surface area contributed by atoms with Crippen LogP contribution in [0.15, 0.2) is 0 Å². The number of rotatable bonds is 1. The second-order valence-corrected chi connectivity index (χ2v) is 6.79. The zero-order valence-corrected chi connectivity index (χ0v) is 12.4. The van der Waals surface area contributed by atoms with Crippen molar-refractivity contribution in [2.75, 3.05) is 0 Å². The van der Waals surface area contributed by atoms with Gasteiger partial charge in [0, 0.05) is 11.8 Å². The molecule has 1 N–H and O–H groups in total. The Hall–Kier alpha value is -0.650. The van der Waals surface area contributed by atoms with Crippen LogP contribution in [0, 0.1) is 23.7 Å². The van der Waals surface area contributed by atoms with Gasteiger partial charge < -0.3 is 9.47 Å². The summed E-state index contributed by atoms with van der Waals surface area (Å²) in [6.45, 7) is 6.04. The van der Waals surface area contributed by atoms with Gasteiger partial charge in [-0.05, 0) is 38.5 Å². The summed E-state index contributed by atoms with van der Waals surface area (Å²) in [7, 11) is 0. The van der Waals surface area contributed by atoms with E-state index in [4.69, 9.17) is 14.4 Å². The first kappa shape index (κ1) is 14.3. The Morgan fingerprint density at radius 1 is 1.15 bits per heavy atom. The van der Waals surface area contributed by atoms with Crippen LogP contribution in [0.4, 0.5) is 0 Å². The van der Waals surface area contributed by atoms with Crippen LogP contribution in [0.1, 0.15) is 46.5 Å². The summed E-state index contributed by atoms with van der Waals surface area (Å²) in [6, 6.07) is 0. The van der Waals surface area contributed by atoms with Crippen LogP contribution in [0.5, 0.6) is 0 Å². The Labute approximate surface area is 119 Å². The molecule has 7 atom stereocenters. The Kier molecular flexibility index (Phi) is 3.55. The molecule has 1 saturated carbocycles. The molecule has 3 fully saturated rings. The molecule has 0 radical (unpaired) electrons. The van der Waals surface area contributed by atoms with Crippen molar-refractivity contribution in [3.05, 3.63) is 0 Å². The molecule has 2 aliphatic heterocycles. The summed E-state index contributed by atoms with van der Waals surface area (Å²) in [4.78, 5) is 17.1. The highest BCUT2D eigenvalue weighted by Gasteiger charge is 2.65. The van der Waals surface area contributed by atoms with Crippen LogP contribution in [0.2, 0.25) is 0 Å². The fourth-order valence-electron chi connectivity index (χ4n) is 4.56. The first-order valence-electron chi connectivity index (χ1n) is 7.69. The van der Waals surface area contributed by atoms with Gasteiger partial charge in [-0.15, -0.1) is 0 Å². The zero-order chi connectivity index (χ0) is 14.5. The molecule has 3 rings (SSSR count). The quantitative estimate of drug-likeness (QED) is 0.455. The molecule has 5 nitrogen and oxygen atoms in total. The van der Waals surface area contributed by atoms with E-state index in [0.717, 1.165) is 25.7 Å². The molecule has 2 saturated heterocycles. The van der Waals surface area contributed by atoms with Gasteiger partial charge in [0.15, 0.2) is 5.60 Å². The molecule has 2 heterocycles. The van der Waals surface area contributed by atoms with Crippen LogP contribution in [0.3, 0.4) is 0 Å². The highest BCUT2D eigenvalue weighted by atomic mass is 17.1. The molecule has 114 valence electrons. The van der Waals surface area contributed by atoms with E-state index in [1.807, 2.05) is 13.8 Å². The lowest BCUT2D eigenvalue weighted by Crippen LogP contribution is -2.66. The maximum absolute atomic E-state index is 12.1. The minimum Gasteiger partial charge on any atom is -0.432 e. The minimum absolute atomic E-state index is 0.00619. The minimum atomic E-state index is -0.893. The Balaban J connectivity index is 2.07. The molecular formula is C15H24O5. The lowest BCUT2D eigenvalue weighted by atomic mass is 9.58. The number of esters is 1. The fourth-order valence-corrected chi connectivity index (χ4v) is 4.56. The summed E-state index contributed by atoms with van der Waals surface area (Å²) in [5.41, 5.74) is -0.893. The molecule has 0 unspecified atom stereocenters. The molecule has 0 bridgehead atoms. The van der Waals surface area contributed by atoms with Gasteiger partial charge in [-0.2, -0.15) is 0 Å². The molecule has 0 aromatic carbocycles. The van der Waals surface area contributed by atoms with Crippen molar-refractivity contribution in [1.29, 1.82) is 0 Å². The van der Waals surface area contributed by atoms with Crippen LogP contribution >= 0.6 is 0 Å². The maximum Gasteiger partial charge on any atom is 0.311 e. The van der Waals surface area contributed by atoms with Crippen LogP contribution in [0.25, 0.3) is 0 Å². The predicted molar refractivity (Wildman–Crippen MR) is 70.6 cm³/mol. The molecule has 0 aromatic rings. The first-order chi connectivity index (χ1) is 9.50. The normalized spacial score (nSPS) is 51.9. The molecule has 1 aliphatic carbocycles. The smallest absolute Gasteiger partial charge is 0.311 e. The van der Waals surface area contributed by atoms with Crippen molar-refractivity contribution in [2.45, 2.75) is 64.4 Å². The molecule has 0 spiro atoms. The van der Waals surface area contributed by atoms with Gasteiger partial charge in [-0.25, -0.2) is 4.89 Å². The largest absolute Gasteiger partial charge is 0.432 e. The third-order valence-electron chi connectivity index (χ3n) is 5.74. The highest BCUT2D eigenvalue weighted by molar-refractivity contribution is 5.74. The monoisotopic (exact) mass is 284 g/mol. The number of hydrogen-bond acceptors (Lipinski definition) is 5. The van der Waals surface area contributed by atoms with Crippen molar-refractivity contribution in [3.63, 3.8) is 0 Å². The second kappa shape index (κ2) is 4.97. The van der Waals surface area contributed by atoms with Gasteiger partial charge in [-0.3, -0.25) is 10.1 Å². The summed E-state index contributed by atoms with van der Waals surface area (Å²) in [5.74, 6) is 0.0567. The van der Waals surface area contributed by atoms with E-state index in [9.17, 15) is 10.1 Å². The maximum atomic E-state index is 12.1. The van der Waals surface area contributed by atoms with E-state index in [1.54, 1.807) is 0 Å². The van der Waals surface area contributed by atoms with E-state index in [-0.39, 0.29) is 29.8 Å². The van der Waals surface area contributed by atoms with Crippen molar-refractivity contribution in [1.82, 2.24) is 0 Å². The topological polar surface area (TPSA) is 65.0 Å². The van der Waals surface area contributed by atoms with E-state index in [0.29, 0.717) is 5.92 Å². The number of carbonyl (C=O) groups is 1. The third kappa shape index (κ3) is 1.83. The predicted octanol–water partition coefficient (Wildman–Crippen LogP) is 2.60. The molecule has 20 heavy (non-hydrogen) atoms. The van der Waals surface area contributed by atoms with E-state index < -0.39 is 11.9 Å². The standard InChI is InChI=1S/C15H24O5/c1-8-4-6-12-10(3)13(16)19-14-15(12,20-17)11(8)7-5-9(2)18-14/h8-12,14,17H,4-7H2,1-3H3/t8-,9+,10-,11+,12+,14+,15-/m1/s1. The molecular weight excluding hydrogens is 260 g/mol. The number of hydrogen-bond donors (Lipinski definition) is 1. The van der Waals surface area contributed by atoms with Crippen molar-refractivity contribution in [2.24, 2.45) is 23.7 Å². The highest BCUT2D eigenvalue weighted by Crippen LogP contribution is 2.55. The average molecular weight is 284 g/mol. The lowest BCUT2D eigenvalue weighted by molar-refractivity contribution is -0.424. The summed E-state index contributed by atoms with van der Waals surface area (Å²) >= 11 is 0. The van der Waals surface area contributed by atoms with E-state index in [2.05, 4.69) is 6.92 Å². The Morgan fingerprint density at radius 3 is 2.55 bits per heavy atom. The van der Waals surface area contributed by atoms with Crippen LogP contribution in [-0.2, 0) is 19.2 Å². The van der Waals surface area contributed by atoms with Crippen molar-refractivity contribution < 1.29 is 24.4 Å². The van der Waals surface area contributed by atoms with Crippen molar-refractivity contribution in [3.8, 4) is 0 Å². The zero-order valence-electron chi connectivity index (χ0n) is 12.4. The molecule has 0 amide bonds. The summed E-state index contributed by atoms with van der Waals surface area (Å²) in [6.07, 6.45) is 2.97. The van der Waals surface area contributed by atoms with Gasteiger partial charge in [-0.1, -0.05) is 13.8 Å². The van der Waals surface area contributed by atoms with Gasteiger partial charge in [0.2, 0.25) is 6.29 Å². The lowest BCUT2D eigenvalue weighted by Gasteiger charge is -2.55. The van der Waals surface area contributed by atoms with Gasteiger partial charge >= 0.3 is 5.97 Å². The van der Waals surface area contributed by atoms with Crippen molar-refractivity contribution >= 4 is 5.97 Å². The number of carbonyl (C=O) groups excluding carboxylic acids is 1. The average Bonchev–Trinajstić information content (AvgIpc) is 2.56. The number of ether oxygens (including phenoxy) is 2.